The molecule has 1 aliphatic carbocycles. The number of allylic oxidation sites excluding steroid dienone is 4. The molecule has 0 saturated carbocycles. The summed E-state index contributed by atoms with van der Waals surface area (Å²) >= 11 is 0. The molecule has 3 heteroatoms. The van der Waals surface area contributed by atoms with Crippen LogP contribution in [-0.4, -0.2) is 17.2 Å². The fourth-order valence-corrected chi connectivity index (χ4v) is 2.75. The molecule has 2 N–H and O–H groups in total. The van der Waals surface area contributed by atoms with Gasteiger partial charge >= 0.3 is 7.12 Å². The first-order valence-electron chi connectivity index (χ1n) is 7.49. The first-order valence-corrected chi connectivity index (χ1v) is 7.49. The third-order valence-electron chi connectivity index (χ3n) is 4.16. The summed E-state index contributed by atoms with van der Waals surface area (Å²) in [5.74, 6) is 0. The van der Waals surface area contributed by atoms with Crippen LogP contribution in [0.5, 0.6) is 0 Å². The maximum Gasteiger partial charge on any atom is 0.462 e. The summed E-state index contributed by atoms with van der Waals surface area (Å²) in [4.78, 5) is 0. The second kappa shape index (κ2) is 6.91. The highest BCUT2D eigenvalue weighted by Crippen LogP contribution is 2.44. The van der Waals surface area contributed by atoms with Gasteiger partial charge in [-0.05, 0) is 24.0 Å². The van der Waals surface area contributed by atoms with Gasteiger partial charge in [-0.1, -0.05) is 74.7 Å². The Balaban J connectivity index is 2.10. The lowest BCUT2D eigenvalue weighted by Gasteiger charge is -2.31. The summed E-state index contributed by atoms with van der Waals surface area (Å²) in [6.07, 6.45) is 11.0. The van der Waals surface area contributed by atoms with E-state index < -0.39 is 12.4 Å². The molecule has 1 aromatic carbocycles. The Bertz CT molecular complexity index is 479. The average Bonchev–Trinajstić information content (AvgIpc) is 2.49. The molecule has 0 saturated heterocycles. The molecule has 1 aromatic rings. The zero-order chi connectivity index (χ0) is 14.4. The van der Waals surface area contributed by atoms with Crippen LogP contribution in [0.3, 0.4) is 0 Å². The Labute approximate surface area is 122 Å². The van der Waals surface area contributed by atoms with Crippen molar-refractivity contribution < 1.29 is 10.0 Å². The predicted octanol–water partition coefficient (Wildman–Crippen LogP) is 3.82. The largest absolute Gasteiger partial charge is 0.462 e. The maximum absolute atomic E-state index is 9.76. The summed E-state index contributed by atoms with van der Waals surface area (Å²) in [7, 11) is -1.29. The topological polar surface area (TPSA) is 40.5 Å². The number of benzene rings is 1. The Morgan fingerprint density at radius 1 is 1.15 bits per heavy atom. The minimum absolute atomic E-state index is 0.506. The van der Waals surface area contributed by atoms with E-state index in [2.05, 4.69) is 25.1 Å². The lowest BCUT2D eigenvalue weighted by atomic mass is 9.52. The highest BCUT2D eigenvalue weighted by molar-refractivity contribution is 6.46. The van der Waals surface area contributed by atoms with Crippen molar-refractivity contribution in [3.05, 3.63) is 54.1 Å². The fraction of sp³-hybridized carbons (Fsp3) is 0.412. The molecule has 0 amide bonds. The van der Waals surface area contributed by atoms with Gasteiger partial charge in [-0.25, -0.2) is 0 Å². The van der Waals surface area contributed by atoms with Gasteiger partial charge in [-0.2, -0.15) is 0 Å². The minimum atomic E-state index is -1.29. The van der Waals surface area contributed by atoms with Crippen LogP contribution in [0, 0.1) is 0 Å². The van der Waals surface area contributed by atoms with Gasteiger partial charge in [0.2, 0.25) is 0 Å². The van der Waals surface area contributed by atoms with E-state index in [1.54, 1.807) is 0 Å². The van der Waals surface area contributed by atoms with E-state index >= 15 is 0 Å². The molecule has 1 atom stereocenters. The summed E-state index contributed by atoms with van der Waals surface area (Å²) in [5.41, 5.74) is 2.34. The van der Waals surface area contributed by atoms with E-state index in [1.807, 2.05) is 30.4 Å². The van der Waals surface area contributed by atoms with Crippen LogP contribution in [0.15, 0.2) is 48.6 Å². The molecule has 2 nitrogen and oxygen atoms in total. The van der Waals surface area contributed by atoms with Crippen LogP contribution >= 0.6 is 0 Å². The Hall–Kier alpha value is -1.32. The van der Waals surface area contributed by atoms with Crippen molar-refractivity contribution in [2.45, 2.75) is 44.3 Å². The zero-order valence-corrected chi connectivity index (χ0v) is 12.1. The van der Waals surface area contributed by atoms with Crippen molar-refractivity contribution in [1.82, 2.24) is 0 Å². The summed E-state index contributed by atoms with van der Waals surface area (Å²) in [6, 6.07) is 10.2. The van der Waals surface area contributed by atoms with Gasteiger partial charge in [0.15, 0.2) is 0 Å². The van der Waals surface area contributed by atoms with Crippen LogP contribution < -0.4 is 0 Å². The van der Waals surface area contributed by atoms with Gasteiger partial charge in [-0.3, -0.25) is 0 Å². The molecule has 2 rings (SSSR count). The maximum atomic E-state index is 9.76. The van der Waals surface area contributed by atoms with Crippen LogP contribution in [0.1, 0.15) is 44.6 Å². The molecular weight excluding hydrogens is 247 g/mol. The first kappa shape index (κ1) is 15.1. The van der Waals surface area contributed by atoms with E-state index in [0.717, 1.165) is 31.3 Å². The van der Waals surface area contributed by atoms with Crippen molar-refractivity contribution in [3.63, 3.8) is 0 Å². The van der Waals surface area contributed by atoms with Gasteiger partial charge in [-0.15, -0.1) is 0 Å². The third-order valence-corrected chi connectivity index (χ3v) is 4.16. The fourth-order valence-electron chi connectivity index (χ4n) is 2.75. The molecule has 0 bridgehead atoms. The van der Waals surface area contributed by atoms with Crippen LogP contribution in [0.25, 0.3) is 5.57 Å². The van der Waals surface area contributed by atoms with Crippen molar-refractivity contribution in [2.24, 2.45) is 0 Å². The Kier molecular flexibility index (Phi) is 5.21. The predicted molar refractivity (Wildman–Crippen MR) is 85.2 cm³/mol. The molecule has 0 heterocycles. The van der Waals surface area contributed by atoms with Crippen LogP contribution in [-0.2, 0) is 0 Å². The highest BCUT2D eigenvalue weighted by Gasteiger charge is 2.39. The van der Waals surface area contributed by atoms with Gasteiger partial charge in [0.1, 0.15) is 0 Å². The monoisotopic (exact) mass is 270 g/mol. The van der Waals surface area contributed by atoms with E-state index in [-0.39, 0.29) is 0 Å². The number of hydrogen-bond donors (Lipinski definition) is 2. The highest BCUT2D eigenvalue weighted by atomic mass is 16.4. The van der Waals surface area contributed by atoms with E-state index in [9.17, 15) is 10.0 Å². The molecule has 0 radical (unpaired) electrons. The first-order chi connectivity index (χ1) is 9.68. The SMILES string of the molecule is CCCCCC1(B(O)O)C=CC(c2ccccc2)=CC1. The number of rotatable bonds is 6. The van der Waals surface area contributed by atoms with Crippen LogP contribution in [0.2, 0.25) is 5.31 Å². The summed E-state index contributed by atoms with van der Waals surface area (Å²) in [6.45, 7) is 2.16. The Morgan fingerprint density at radius 2 is 1.90 bits per heavy atom. The van der Waals surface area contributed by atoms with E-state index in [4.69, 9.17) is 0 Å². The molecule has 0 spiro atoms. The molecule has 0 aliphatic heterocycles. The molecule has 106 valence electrons. The second-order valence-electron chi connectivity index (χ2n) is 5.63. The summed E-state index contributed by atoms with van der Waals surface area (Å²) in [5, 5.41) is 19.0. The minimum Gasteiger partial charge on any atom is -0.426 e. The average molecular weight is 270 g/mol. The number of unbranched alkanes of at least 4 members (excludes halogenated alkanes) is 2. The van der Waals surface area contributed by atoms with Gasteiger partial charge < -0.3 is 10.0 Å². The van der Waals surface area contributed by atoms with Crippen molar-refractivity contribution >= 4 is 12.7 Å². The zero-order valence-electron chi connectivity index (χ0n) is 12.1. The lowest BCUT2D eigenvalue weighted by Crippen LogP contribution is -2.32. The second-order valence-corrected chi connectivity index (χ2v) is 5.63. The van der Waals surface area contributed by atoms with Crippen molar-refractivity contribution in [3.8, 4) is 0 Å². The van der Waals surface area contributed by atoms with Crippen LogP contribution in [0.4, 0.5) is 0 Å². The molecule has 20 heavy (non-hydrogen) atoms. The van der Waals surface area contributed by atoms with Crippen molar-refractivity contribution in [1.29, 1.82) is 0 Å². The smallest absolute Gasteiger partial charge is 0.426 e. The number of hydrogen-bond acceptors (Lipinski definition) is 2. The standard InChI is InChI=1S/C17H23BO2/c1-2-3-7-12-17(18(19)20)13-10-16(11-14-17)15-8-5-4-6-9-15/h4-6,8-11,13,19-20H,2-3,7,12,14H2,1H3. The Morgan fingerprint density at radius 3 is 2.45 bits per heavy atom. The summed E-state index contributed by atoms with van der Waals surface area (Å²) < 4.78 is 0. The van der Waals surface area contributed by atoms with Gasteiger partial charge in [0, 0.05) is 5.31 Å². The lowest BCUT2D eigenvalue weighted by molar-refractivity contribution is 0.344. The van der Waals surface area contributed by atoms with E-state index in [0.29, 0.717) is 6.42 Å². The normalized spacial score (nSPS) is 21.6. The molecule has 0 fully saturated rings. The van der Waals surface area contributed by atoms with Crippen molar-refractivity contribution in [2.75, 3.05) is 0 Å². The molecular formula is C17H23BO2. The van der Waals surface area contributed by atoms with Gasteiger partial charge in [0.05, 0.1) is 0 Å². The van der Waals surface area contributed by atoms with Gasteiger partial charge in [0.25, 0.3) is 0 Å². The molecule has 0 aromatic heterocycles. The van der Waals surface area contributed by atoms with E-state index in [1.165, 1.54) is 5.56 Å². The third kappa shape index (κ3) is 3.41. The molecule has 1 unspecified atom stereocenters. The molecule has 1 aliphatic rings. The quantitative estimate of drug-likeness (QED) is 0.609.